The standard InChI is InChI=1S/C28H29F2N3O2/c1-17(2)27-26(28(34)32-15-19-8-11-23(29)24(30)13-19)22-10-9-21(35-18(3)4)14-25(22)33(27)16-20-7-5-6-12-31-20/h5-14,17-18H,15-16H2,1-4H3,(H,32,34)/i3D3,4D3,18D. The molecule has 0 saturated heterocycles. The van der Waals surface area contributed by atoms with Crippen molar-refractivity contribution in [1.82, 2.24) is 14.9 Å². The number of nitrogens with one attached hydrogen (secondary N) is 1. The number of hydrogen-bond donors (Lipinski definition) is 1. The van der Waals surface area contributed by atoms with Crippen molar-refractivity contribution in [2.24, 2.45) is 0 Å². The Bertz CT molecular complexity index is 1590. The van der Waals surface area contributed by atoms with Gasteiger partial charge in [0.15, 0.2) is 11.6 Å². The van der Waals surface area contributed by atoms with Crippen LogP contribution in [0.15, 0.2) is 60.8 Å². The van der Waals surface area contributed by atoms with E-state index < -0.39 is 37.3 Å². The fourth-order valence-corrected chi connectivity index (χ4v) is 4.11. The molecule has 1 N–H and O–H groups in total. The van der Waals surface area contributed by atoms with Gasteiger partial charge in [-0.05, 0) is 61.6 Å². The summed E-state index contributed by atoms with van der Waals surface area (Å²) in [4.78, 5) is 18.0. The third kappa shape index (κ3) is 5.34. The lowest BCUT2D eigenvalue weighted by Gasteiger charge is -2.15. The van der Waals surface area contributed by atoms with Crippen LogP contribution < -0.4 is 10.1 Å². The molecular formula is C28H29F2N3O2. The summed E-state index contributed by atoms with van der Waals surface area (Å²) in [5, 5.41) is 3.20. The second kappa shape index (κ2) is 10.3. The largest absolute Gasteiger partial charge is 0.491 e. The monoisotopic (exact) mass is 484 g/mol. The van der Waals surface area contributed by atoms with Crippen molar-refractivity contribution in [2.75, 3.05) is 0 Å². The number of carbonyl (C=O) groups is 1. The van der Waals surface area contributed by atoms with E-state index in [2.05, 4.69) is 10.3 Å². The van der Waals surface area contributed by atoms with Gasteiger partial charge in [-0.2, -0.15) is 0 Å². The van der Waals surface area contributed by atoms with Gasteiger partial charge < -0.3 is 14.6 Å². The Morgan fingerprint density at radius 1 is 1.14 bits per heavy atom. The Hall–Kier alpha value is -3.74. The molecule has 0 spiro atoms. The first-order valence-electron chi connectivity index (χ1n) is 14.5. The smallest absolute Gasteiger partial charge is 0.254 e. The van der Waals surface area contributed by atoms with E-state index in [1.165, 1.54) is 24.3 Å². The molecule has 0 aliphatic rings. The minimum absolute atomic E-state index is 0.0831. The second-order valence-electron chi connectivity index (χ2n) is 8.36. The van der Waals surface area contributed by atoms with E-state index in [4.69, 9.17) is 14.3 Å². The molecule has 0 aliphatic carbocycles. The van der Waals surface area contributed by atoms with Gasteiger partial charge in [0, 0.05) is 38.1 Å². The molecule has 2 heterocycles. The third-order valence-corrected chi connectivity index (χ3v) is 5.55. The summed E-state index contributed by atoms with van der Waals surface area (Å²) in [6.45, 7) is -2.74. The van der Waals surface area contributed by atoms with Gasteiger partial charge in [0.1, 0.15) is 5.75 Å². The molecule has 182 valence electrons. The normalized spacial score (nSPS) is 15.4. The minimum atomic E-state index is -3.31. The quantitative estimate of drug-likeness (QED) is 0.324. The van der Waals surface area contributed by atoms with E-state index >= 15 is 0 Å². The molecule has 4 rings (SSSR count). The lowest BCUT2D eigenvalue weighted by atomic mass is 10.0. The first kappa shape index (κ1) is 16.8. The molecule has 4 aromatic rings. The first-order valence-corrected chi connectivity index (χ1v) is 11.0. The minimum Gasteiger partial charge on any atom is -0.491 e. The number of rotatable bonds is 8. The molecule has 0 fully saturated rings. The van der Waals surface area contributed by atoms with E-state index in [0.717, 1.165) is 12.1 Å². The van der Waals surface area contributed by atoms with Crippen molar-refractivity contribution in [2.45, 2.75) is 52.6 Å². The molecule has 0 radical (unpaired) electrons. The fourth-order valence-electron chi connectivity index (χ4n) is 4.11. The summed E-state index contributed by atoms with van der Waals surface area (Å²) in [7, 11) is 0. The number of aromatic nitrogens is 2. The van der Waals surface area contributed by atoms with Crippen LogP contribution in [0.3, 0.4) is 0 Å². The molecule has 2 aromatic heterocycles. The molecule has 0 aliphatic heterocycles. The predicted molar refractivity (Wildman–Crippen MR) is 133 cm³/mol. The Morgan fingerprint density at radius 2 is 1.97 bits per heavy atom. The maximum Gasteiger partial charge on any atom is 0.254 e. The maximum absolute atomic E-state index is 13.7. The summed E-state index contributed by atoms with van der Waals surface area (Å²) in [5.41, 5.74) is 2.30. The van der Waals surface area contributed by atoms with Gasteiger partial charge in [0.25, 0.3) is 5.91 Å². The number of benzene rings is 2. The van der Waals surface area contributed by atoms with Crippen LogP contribution in [0.5, 0.6) is 5.75 Å². The molecule has 0 unspecified atom stereocenters. The van der Waals surface area contributed by atoms with E-state index in [-0.39, 0.29) is 30.3 Å². The van der Waals surface area contributed by atoms with Gasteiger partial charge in [-0.25, -0.2) is 8.78 Å². The summed E-state index contributed by atoms with van der Waals surface area (Å²) in [5.74, 6) is -2.94. The average molecular weight is 485 g/mol. The molecule has 5 nitrogen and oxygen atoms in total. The Balaban J connectivity index is 1.85. The molecular weight excluding hydrogens is 448 g/mol. The molecule has 0 bridgehead atoms. The molecule has 0 saturated carbocycles. The van der Waals surface area contributed by atoms with Crippen molar-refractivity contribution in [1.29, 1.82) is 0 Å². The Morgan fingerprint density at radius 3 is 2.66 bits per heavy atom. The van der Waals surface area contributed by atoms with Gasteiger partial charge in [-0.15, -0.1) is 0 Å². The summed E-state index contributed by atoms with van der Waals surface area (Å²) < 4.78 is 88.7. The number of ether oxygens (including phenoxy) is 1. The Labute approximate surface area is 213 Å². The van der Waals surface area contributed by atoms with Crippen LogP contribution in [-0.2, 0) is 13.1 Å². The number of nitrogens with zero attached hydrogens (tertiary/aromatic N) is 2. The van der Waals surface area contributed by atoms with Crippen molar-refractivity contribution < 1.29 is 27.9 Å². The van der Waals surface area contributed by atoms with E-state index in [0.29, 0.717) is 27.9 Å². The maximum atomic E-state index is 13.7. The summed E-state index contributed by atoms with van der Waals surface area (Å²) in [6.07, 6.45) is -1.64. The van der Waals surface area contributed by atoms with Crippen molar-refractivity contribution in [3.05, 3.63) is 94.9 Å². The first-order chi connectivity index (χ1) is 19.5. The van der Waals surface area contributed by atoms with Crippen LogP contribution in [0.2, 0.25) is 0 Å². The van der Waals surface area contributed by atoms with Gasteiger partial charge in [0.05, 0.1) is 30.8 Å². The van der Waals surface area contributed by atoms with Gasteiger partial charge >= 0.3 is 0 Å². The number of fused-ring (bicyclic) bond motifs is 1. The molecule has 35 heavy (non-hydrogen) atoms. The van der Waals surface area contributed by atoms with Gasteiger partial charge in [-0.3, -0.25) is 9.78 Å². The lowest BCUT2D eigenvalue weighted by Crippen LogP contribution is -2.24. The zero-order valence-electron chi connectivity index (χ0n) is 26.2. The number of halogens is 2. The second-order valence-corrected chi connectivity index (χ2v) is 8.36. The van der Waals surface area contributed by atoms with Crippen LogP contribution in [0, 0.1) is 11.6 Å². The van der Waals surface area contributed by atoms with Crippen LogP contribution in [-0.4, -0.2) is 21.5 Å². The number of amides is 1. The topological polar surface area (TPSA) is 56.1 Å². The van der Waals surface area contributed by atoms with E-state index in [1.807, 2.05) is 13.8 Å². The predicted octanol–water partition coefficient (Wildman–Crippen LogP) is 6.20. The highest BCUT2D eigenvalue weighted by atomic mass is 19.2. The number of pyridine rings is 1. The summed E-state index contributed by atoms with van der Waals surface area (Å²) in [6, 6.07) is 12.9. The highest BCUT2D eigenvalue weighted by Crippen LogP contribution is 2.34. The SMILES string of the molecule is [2H]C([2H])([2H])C([2H])(Oc1ccc2c(C(=O)NCc3ccc(F)c(F)c3)c(C(C)C)n(Cc3ccccn3)c2c1)C([2H])([2H])[2H]. The van der Waals surface area contributed by atoms with Crippen LogP contribution in [0.4, 0.5) is 8.78 Å². The van der Waals surface area contributed by atoms with Crippen LogP contribution in [0.25, 0.3) is 10.9 Å². The summed E-state index contributed by atoms with van der Waals surface area (Å²) >= 11 is 0. The number of hydrogen-bond acceptors (Lipinski definition) is 3. The third-order valence-electron chi connectivity index (χ3n) is 5.55. The molecule has 7 heteroatoms. The zero-order valence-corrected chi connectivity index (χ0v) is 19.2. The van der Waals surface area contributed by atoms with Crippen molar-refractivity contribution >= 4 is 16.8 Å². The molecule has 2 aromatic carbocycles. The average Bonchev–Trinajstić information content (AvgIpc) is 3.22. The van der Waals surface area contributed by atoms with Crippen LogP contribution >= 0.6 is 0 Å². The highest BCUT2D eigenvalue weighted by Gasteiger charge is 2.25. The van der Waals surface area contributed by atoms with Crippen molar-refractivity contribution in [3.63, 3.8) is 0 Å². The van der Waals surface area contributed by atoms with Crippen LogP contribution in [0.1, 0.15) is 70.4 Å². The Kier molecular flexibility index (Phi) is 4.93. The van der Waals surface area contributed by atoms with E-state index in [9.17, 15) is 13.6 Å². The van der Waals surface area contributed by atoms with E-state index in [1.54, 1.807) is 29.0 Å². The van der Waals surface area contributed by atoms with Gasteiger partial charge in [-0.1, -0.05) is 26.0 Å². The highest BCUT2D eigenvalue weighted by molar-refractivity contribution is 6.09. The van der Waals surface area contributed by atoms with Gasteiger partial charge in [0.2, 0.25) is 0 Å². The lowest BCUT2D eigenvalue weighted by molar-refractivity contribution is 0.0951. The number of carbonyl (C=O) groups excluding carboxylic acids is 1. The molecule has 0 atom stereocenters. The molecule has 1 amide bonds. The van der Waals surface area contributed by atoms with Crippen molar-refractivity contribution in [3.8, 4) is 5.75 Å². The zero-order chi connectivity index (χ0) is 31.0. The fraction of sp³-hybridized carbons (Fsp3) is 0.286.